The third-order valence-electron chi connectivity index (χ3n) is 2.83. The van der Waals surface area contributed by atoms with Gasteiger partial charge in [0.2, 0.25) is 0 Å². The first-order chi connectivity index (χ1) is 8.37. The van der Waals surface area contributed by atoms with Crippen LogP contribution in [0.15, 0.2) is 22.7 Å². The molecule has 0 spiro atoms. The number of fused-ring (bicyclic) bond motifs is 1. The molecule has 2 rings (SSSR count). The third kappa shape index (κ3) is 3.05. The molecule has 0 amide bonds. The first kappa shape index (κ1) is 13.4. The molecule has 1 aromatic rings. The summed E-state index contributed by atoms with van der Waals surface area (Å²) in [4.78, 5) is 12.2. The molecule has 1 N–H and O–H groups in total. The Morgan fingerprint density at radius 3 is 2.83 bits per heavy atom. The molecule has 0 fully saturated rings. The Kier molecular flexibility index (Phi) is 3.66. The highest BCUT2D eigenvalue weighted by molar-refractivity contribution is 9.10. The summed E-state index contributed by atoms with van der Waals surface area (Å²) in [5.74, 6) is -0.304. The van der Waals surface area contributed by atoms with Gasteiger partial charge < -0.3 is 10.1 Å². The number of anilines is 1. The van der Waals surface area contributed by atoms with Crippen LogP contribution >= 0.6 is 15.9 Å². The van der Waals surface area contributed by atoms with Crippen LogP contribution in [-0.2, 0) is 9.53 Å². The Bertz CT molecular complexity index is 465. The molecule has 1 heterocycles. The molecule has 4 heteroatoms. The zero-order valence-electron chi connectivity index (χ0n) is 10.9. The van der Waals surface area contributed by atoms with Crippen molar-refractivity contribution in [2.75, 3.05) is 11.9 Å². The smallest absolute Gasteiger partial charge is 0.314 e. The molecule has 98 valence electrons. The molecule has 1 atom stereocenters. The molecule has 1 aliphatic heterocycles. The lowest BCUT2D eigenvalue weighted by molar-refractivity contribution is -0.156. The van der Waals surface area contributed by atoms with Crippen LogP contribution in [0, 0.1) is 0 Å². The monoisotopic (exact) mass is 311 g/mol. The van der Waals surface area contributed by atoms with E-state index in [-0.39, 0.29) is 11.9 Å². The molecule has 0 aromatic heterocycles. The van der Waals surface area contributed by atoms with Crippen LogP contribution in [0.3, 0.4) is 0 Å². The summed E-state index contributed by atoms with van der Waals surface area (Å²) < 4.78 is 6.48. The summed E-state index contributed by atoms with van der Waals surface area (Å²) >= 11 is 3.45. The van der Waals surface area contributed by atoms with Crippen molar-refractivity contribution in [3.63, 3.8) is 0 Å². The molecule has 0 aliphatic carbocycles. The first-order valence-corrected chi connectivity index (χ1v) is 6.92. The van der Waals surface area contributed by atoms with Crippen LogP contribution in [-0.4, -0.2) is 18.1 Å². The predicted octanol–water partition coefficient (Wildman–Crippen LogP) is 3.69. The van der Waals surface area contributed by atoms with Crippen LogP contribution in [0.2, 0.25) is 0 Å². The molecule has 1 aliphatic rings. The maximum Gasteiger partial charge on any atom is 0.314 e. The van der Waals surface area contributed by atoms with E-state index in [9.17, 15) is 4.79 Å². The fraction of sp³-hybridized carbons (Fsp3) is 0.500. The zero-order valence-corrected chi connectivity index (χ0v) is 12.5. The second-order valence-electron chi connectivity index (χ2n) is 5.53. The predicted molar refractivity (Wildman–Crippen MR) is 75.8 cm³/mol. The van der Waals surface area contributed by atoms with E-state index >= 15 is 0 Å². The van der Waals surface area contributed by atoms with Crippen LogP contribution in [0.4, 0.5) is 5.69 Å². The SMILES string of the molecule is CC(C)(C)OC(=O)[C@@H]1CCNc2ccc(Br)cc21. The number of carbonyl (C=O) groups excluding carboxylic acids is 1. The van der Waals surface area contributed by atoms with Crippen LogP contribution in [0.1, 0.15) is 38.7 Å². The number of ether oxygens (including phenoxy) is 1. The normalized spacial score (nSPS) is 18.8. The lowest BCUT2D eigenvalue weighted by Crippen LogP contribution is -2.31. The maximum absolute atomic E-state index is 12.2. The highest BCUT2D eigenvalue weighted by Crippen LogP contribution is 2.35. The van der Waals surface area contributed by atoms with Crippen molar-refractivity contribution in [1.29, 1.82) is 0 Å². The van der Waals surface area contributed by atoms with Crippen molar-refractivity contribution < 1.29 is 9.53 Å². The fourth-order valence-corrected chi connectivity index (χ4v) is 2.49. The summed E-state index contributed by atoms with van der Waals surface area (Å²) in [7, 11) is 0. The van der Waals surface area contributed by atoms with Crippen LogP contribution in [0.5, 0.6) is 0 Å². The number of nitrogens with one attached hydrogen (secondary N) is 1. The van der Waals surface area contributed by atoms with E-state index in [0.29, 0.717) is 0 Å². The molecule has 1 aromatic carbocycles. The Morgan fingerprint density at radius 2 is 2.17 bits per heavy atom. The van der Waals surface area contributed by atoms with E-state index in [2.05, 4.69) is 21.2 Å². The minimum Gasteiger partial charge on any atom is -0.459 e. The highest BCUT2D eigenvalue weighted by atomic mass is 79.9. The number of benzene rings is 1. The fourth-order valence-electron chi connectivity index (χ4n) is 2.11. The van der Waals surface area contributed by atoms with E-state index in [0.717, 1.165) is 28.7 Å². The molecule has 18 heavy (non-hydrogen) atoms. The summed E-state index contributed by atoms with van der Waals surface area (Å²) in [5, 5.41) is 3.31. The number of hydrogen-bond acceptors (Lipinski definition) is 3. The van der Waals surface area contributed by atoms with Crippen molar-refractivity contribution in [1.82, 2.24) is 0 Å². The molecule has 0 radical (unpaired) electrons. The number of halogens is 1. The molecule has 0 bridgehead atoms. The minimum absolute atomic E-state index is 0.136. The Balaban J connectivity index is 2.27. The largest absolute Gasteiger partial charge is 0.459 e. The minimum atomic E-state index is -0.436. The number of hydrogen-bond donors (Lipinski definition) is 1. The van der Waals surface area contributed by atoms with Gasteiger partial charge in [-0.15, -0.1) is 0 Å². The van der Waals surface area contributed by atoms with Gasteiger partial charge in [-0.1, -0.05) is 15.9 Å². The van der Waals surface area contributed by atoms with Gasteiger partial charge in [0.25, 0.3) is 0 Å². The van der Waals surface area contributed by atoms with E-state index in [4.69, 9.17) is 4.74 Å². The summed E-state index contributed by atoms with van der Waals surface area (Å²) in [5.41, 5.74) is 1.61. The number of esters is 1. The summed E-state index contributed by atoms with van der Waals surface area (Å²) in [6.45, 7) is 6.49. The van der Waals surface area contributed by atoms with Gasteiger partial charge in [-0.05, 0) is 51.0 Å². The Labute approximate surface area is 116 Å². The maximum atomic E-state index is 12.2. The van der Waals surface area contributed by atoms with Gasteiger partial charge in [-0.2, -0.15) is 0 Å². The van der Waals surface area contributed by atoms with E-state index in [1.54, 1.807) is 0 Å². The van der Waals surface area contributed by atoms with Crippen LogP contribution in [0.25, 0.3) is 0 Å². The van der Waals surface area contributed by atoms with Gasteiger partial charge >= 0.3 is 5.97 Å². The molecule has 0 saturated heterocycles. The second-order valence-corrected chi connectivity index (χ2v) is 6.45. The second kappa shape index (κ2) is 4.92. The molecule has 3 nitrogen and oxygen atoms in total. The van der Waals surface area contributed by atoms with E-state index < -0.39 is 5.60 Å². The van der Waals surface area contributed by atoms with Gasteiger partial charge in [0, 0.05) is 16.7 Å². The lowest BCUT2D eigenvalue weighted by atomic mass is 9.91. The molecule has 0 saturated carbocycles. The van der Waals surface area contributed by atoms with E-state index in [1.165, 1.54) is 0 Å². The number of rotatable bonds is 1. The quantitative estimate of drug-likeness (QED) is 0.804. The third-order valence-corrected chi connectivity index (χ3v) is 3.32. The lowest BCUT2D eigenvalue weighted by Gasteiger charge is -2.28. The molecular weight excluding hydrogens is 294 g/mol. The van der Waals surface area contributed by atoms with Gasteiger partial charge in [0.05, 0.1) is 5.92 Å². The van der Waals surface area contributed by atoms with Gasteiger partial charge in [-0.25, -0.2) is 0 Å². The van der Waals surface area contributed by atoms with Gasteiger partial charge in [0.1, 0.15) is 5.60 Å². The van der Waals surface area contributed by atoms with Crippen molar-refractivity contribution in [3.05, 3.63) is 28.2 Å². The summed E-state index contributed by atoms with van der Waals surface area (Å²) in [6, 6.07) is 5.97. The van der Waals surface area contributed by atoms with Crippen molar-refractivity contribution in [3.8, 4) is 0 Å². The van der Waals surface area contributed by atoms with E-state index in [1.807, 2.05) is 39.0 Å². The zero-order chi connectivity index (χ0) is 13.3. The molecule has 0 unspecified atom stereocenters. The van der Waals surface area contributed by atoms with Gasteiger partial charge in [0.15, 0.2) is 0 Å². The van der Waals surface area contributed by atoms with Crippen molar-refractivity contribution >= 4 is 27.6 Å². The first-order valence-electron chi connectivity index (χ1n) is 6.13. The topological polar surface area (TPSA) is 38.3 Å². The Hall–Kier alpha value is -1.03. The number of carbonyl (C=O) groups is 1. The Morgan fingerprint density at radius 1 is 1.44 bits per heavy atom. The standard InChI is InChI=1S/C14H18BrNO2/c1-14(2,3)18-13(17)10-6-7-16-12-5-4-9(15)8-11(10)12/h4-5,8,10,16H,6-7H2,1-3H3/t10-/m1/s1. The average molecular weight is 312 g/mol. The van der Waals surface area contributed by atoms with Crippen molar-refractivity contribution in [2.24, 2.45) is 0 Å². The van der Waals surface area contributed by atoms with Gasteiger partial charge in [-0.3, -0.25) is 4.79 Å². The highest BCUT2D eigenvalue weighted by Gasteiger charge is 2.30. The summed E-state index contributed by atoms with van der Waals surface area (Å²) in [6.07, 6.45) is 0.776. The van der Waals surface area contributed by atoms with Crippen LogP contribution < -0.4 is 5.32 Å². The molecular formula is C14H18BrNO2. The average Bonchev–Trinajstić information content (AvgIpc) is 2.25. The van der Waals surface area contributed by atoms with Crippen molar-refractivity contribution in [2.45, 2.75) is 38.7 Å².